The number of aromatic nitrogens is 1. The Morgan fingerprint density at radius 2 is 2.06 bits per heavy atom. The van der Waals surface area contributed by atoms with Gasteiger partial charge in [-0.3, -0.25) is 0 Å². The van der Waals surface area contributed by atoms with Crippen LogP contribution >= 0.6 is 27.3 Å². The summed E-state index contributed by atoms with van der Waals surface area (Å²) in [5.41, 5.74) is 2.50. The molecule has 0 unspecified atom stereocenters. The number of benzene rings is 1. The number of thiazole rings is 1. The molecule has 90 valence electrons. The summed E-state index contributed by atoms with van der Waals surface area (Å²) in [5, 5.41) is 6.49. The average molecular weight is 311 g/mol. The maximum atomic E-state index is 4.63. The van der Waals surface area contributed by atoms with Gasteiger partial charge in [0.2, 0.25) is 0 Å². The Balaban J connectivity index is 1.98. The molecule has 0 radical (unpaired) electrons. The Hall–Kier alpha value is -0.710. The van der Waals surface area contributed by atoms with Gasteiger partial charge in [-0.25, -0.2) is 4.98 Å². The number of hydrogen-bond donors (Lipinski definition) is 1. The van der Waals surface area contributed by atoms with Crippen molar-refractivity contribution in [2.24, 2.45) is 0 Å². The summed E-state index contributed by atoms with van der Waals surface area (Å²) in [7, 11) is 1.97. The van der Waals surface area contributed by atoms with Crippen molar-refractivity contribution >= 4 is 27.3 Å². The highest BCUT2D eigenvalue weighted by atomic mass is 79.9. The molecule has 0 saturated carbocycles. The quantitative estimate of drug-likeness (QED) is 0.917. The summed E-state index contributed by atoms with van der Waals surface area (Å²) in [6, 6.07) is 8.42. The molecule has 2 rings (SSSR count). The van der Waals surface area contributed by atoms with E-state index < -0.39 is 0 Å². The molecule has 0 amide bonds. The molecular formula is C13H15BrN2S. The fourth-order valence-corrected chi connectivity index (χ4v) is 2.70. The Labute approximate surface area is 114 Å². The third kappa shape index (κ3) is 3.91. The van der Waals surface area contributed by atoms with Crippen molar-refractivity contribution in [3.63, 3.8) is 0 Å². The second-order valence-electron chi connectivity index (χ2n) is 3.89. The first-order valence-corrected chi connectivity index (χ1v) is 7.27. The third-order valence-corrected chi connectivity index (χ3v) is 3.93. The normalized spacial score (nSPS) is 10.7. The first-order valence-electron chi connectivity index (χ1n) is 5.60. The van der Waals surface area contributed by atoms with Crippen LogP contribution in [0.4, 0.5) is 0 Å². The summed E-state index contributed by atoms with van der Waals surface area (Å²) >= 11 is 5.19. The van der Waals surface area contributed by atoms with E-state index in [4.69, 9.17) is 0 Å². The van der Waals surface area contributed by atoms with Gasteiger partial charge in [0.1, 0.15) is 0 Å². The lowest BCUT2D eigenvalue weighted by atomic mass is 10.2. The van der Waals surface area contributed by atoms with Crippen LogP contribution in [0.3, 0.4) is 0 Å². The first-order chi connectivity index (χ1) is 8.28. The fourth-order valence-electron chi connectivity index (χ4n) is 1.57. The van der Waals surface area contributed by atoms with Crippen LogP contribution in [0.5, 0.6) is 0 Å². The van der Waals surface area contributed by atoms with Crippen LogP contribution in [-0.2, 0) is 12.8 Å². The molecule has 0 spiro atoms. The summed E-state index contributed by atoms with van der Waals surface area (Å²) in [5.74, 6) is 0. The second kappa shape index (κ2) is 6.28. The summed E-state index contributed by atoms with van der Waals surface area (Å²) in [6.07, 6.45) is 1.94. The monoisotopic (exact) mass is 310 g/mol. The second-order valence-corrected chi connectivity index (χ2v) is 5.75. The third-order valence-electron chi connectivity index (χ3n) is 2.50. The average Bonchev–Trinajstić information content (AvgIpc) is 2.77. The van der Waals surface area contributed by atoms with E-state index in [1.807, 2.05) is 7.05 Å². The molecule has 0 aliphatic heterocycles. The Morgan fingerprint density at radius 1 is 1.29 bits per heavy atom. The molecule has 1 aromatic heterocycles. The van der Waals surface area contributed by atoms with Crippen molar-refractivity contribution in [3.8, 4) is 0 Å². The molecule has 4 heteroatoms. The number of hydrogen-bond acceptors (Lipinski definition) is 3. The van der Waals surface area contributed by atoms with Gasteiger partial charge in [0.15, 0.2) is 0 Å². The summed E-state index contributed by atoms with van der Waals surface area (Å²) in [6.45, 7) is 0.988. The molecule has 0 atom stereocenters. The zero-order chi connectivity index (χ0) is 12.1. The summed E-state index contributed by atoms with van der Waals surface area (Å²) < 4.78 is 1.12. The Morgan fingerprint density at radius 3 is 2.76 bits per heavy atom. The summed E-state index contributed by atoms with van der Waals surface area (Å²) in [4.78, 5) is 4.63. The highest BCUT2D eigenvalue weighted by molar-refractivity contribution is 9.10. The maximum absolute atomic E-state index is 4.63. The zero-order valence-corrected chi connectivity index (χ0v) is 12.1. The molecule has 2 nitrogen and oxygen atoms in total. The largest absolute Gasteiger partial charge is 0.319 e. The minimum atomic E-state index is 0.928. The van der Waals surface area contributed by atoms with Crippen LogP contribution in [0, 0.1) is 0 Å². The number of likely N-dealkylation sites (N-methyl/N-ethyl adjacent to an activating group) is 1. The highest BCUT2D eigenvalue weighted by Gasteiger charge is 2.03. The van der Waals surface area contributed by atoms with Crippen LogP contribution in [0.2, 0.25) is 0 Å². The Bertz CT molecular complexity index is 465. The van der Waals surface area contributed by atoms with E-state index in [2.05, 4.69) is 55.9 Å². The van der Waals surface area contributed by atoms with E-state index in [9.17, 15) is 0 Å². The zero-order valence-electron chi connectivity index (χ0n) is 9.74. The molecule has 1 heterocycles. The van der Waals surface area contributed by atoms with Gasteiger partial charge in [0, 0.05) is 29.2 Å². The topological polar surface area (TPSA) is 24.9 Å². The lowest BCUT2D eigenvalue weighted by molar-refractivity contribution is 0.778. The minimum absolute atomic E-state index is 0.928. The van der Waals surface area contributed by atoms with Gasteiger partial charge in [-0.15, -0.1) is 11.3 Å². The molecule has 0 bridgehead atoms. The first kappa shape index (κ1) is 12.7. The van der Waals surface area contributed by atoms with Crippen molar-refractivity contribution in [1.29, 1.82) is 0 Å². The molecule has 2 aromatic rings. The van der Waals surface area contributed by atoms with Gasteiger partial charge in [0.25, 0.3) is 0 Å². The lowest BCUT2D eigenvalue weighted by Crippen LogP contribution is -2.10. The van der Waals surface area contributed by atoms with Gasteiger partial charge >= 0.3 is 0 Å². The van der Waals surface area contributed by atoms with Crippen LogP contribution in [0.1, 0.15) is 16.3 Å². The van der Waals surface area contributed by atoms with E-state index in [0.29, 0.717) is 0 Å². The van der Waals surface area contributed by atoms with Crippen molar-refractivity contribution in [1.82, 2.24) is 10.3 Å². The van der Waals surface area contributed by atoms with Crippen molar-refractivity contribution < 1.29 is 0 Å². The minimum Gasteiger partial charge on any atom is -0.319 e. The SMILES string of the molecule is CNCCc1csc(Cc2ccc(Br)cc2)n1. The van der Waals surface area contributed by atoms with E-state index >= 15 is 0 Å². The Kier molecular flexibility index (Phi) is 4.71. The smallest absolute Gasteiger partial charge is 0.0972 e. The predicted molar refractivity (Wildman–Crippen MR) is 76.7 cm³/mol. The van der Waals surface area contributed by atoms with Crippen LogP contribution in [0.25, 0.3) is 0 Å². The van der Waals surface area contributed by atoms with E-state index in [1.54, 1.807) is 11.3 Å². The van der Waals surface area contributed by atoms with Gasteiger partial charge in [-0.1, -0.05) is 28.1 Å². The molecule has 1 aromatic carbocycles. The van der Waals surface area contributed by atoms with Crippen molar-refractivity contribution in [2.75, 3.05) is 13.6 Å². The highest BCUT2D eigenvalue weighted by Crippen LogP contribution is 2.17. The van der Waals surface area contributed by atoms with Gasteiger partial charge in [-0.05, 0) is 24.7 Å². The molecular weight excluding hydrogens is 296 g/mol. The van der Waals surface area contributed by atoms with Crippen LogP contribution in [-0.4, -0.2) is 18.6 Å². The number of nitrogens with zero attached hydrogens (tertiary/aromatic N) is 1. The molecule has 0 fully saturated rings. The number of nitrogens with one attached hydrogen (secondary N) is 1. The van der Waals surface area contributed by atoms with Crippen molar-refractivity contribution in [2.45, 2.75) is 12.8 Å². The molecule has 1 N–H and O–H groups in total. The van der Waals surface area contributed by atoms with Crippen LogP contribution < -0.4 is 5.32 Å². The van der Waals surface area contributed by atoms with Gasteiger partial charge in [-0.2, -0.15) is 0 Å². The number of halogens is 1. The predicted octanol–water partition coefficient (Wildman–Crippen LogP) is 3.26. The molecule has 0 saturated heterocycles. The molecule has 17 heavy (non-hydrogen) atoms. The van der Waals surface area contributed by atoms with E-state index in [0.717, 1.165) is 23.9 Å². The van der Waals surface area contributed by atoms with Gasteiger partial charge in [0.05, 0.1) is 10.7 Å². The lowest BCUT2D eigenvalue weighted by Gasteiger charge is -1.98. The van der Waals surface area contributed by atoms with Crippen molar-refractivity contribution in [3.05, 3.63) is 50.4 Å². The standard InChI is InChI=1S/C13H15BrN2S/c1-15-7-6-12-9-17-13(16-12)8-10-2-4-11(14)5-3-10/h2-5,9,15H,6-8H2,1H3. The van der Waals surface area contributed by atoms with E-state index in [-0.39, 0.29) is 0 Å². The van der Waals surface area contributed by atoms with Crippen LogP contribution in [0.15, 0.2) is 34.1 Å². The number of rotatable bonds is 5. The fraction of sp³-hybridized carbons (Fsp3) is 0.308. The molecule has 0 aliphatic rings. The van der Waals surface area contributed by atoms with Gasteiger partial charge < -0.3 is 5.32 Å². The van der Waals surface area contributed by atoms with E-state index in [1.165, 1.54) is 16.3 Å². The molecule has 0 aliphatic carbocycles. The maximum Gasteiger partial charge on any atom is 0.0972 e.